The van der Waals surface area contributed by atoms with Gasteiger partial charge in [-0.05, 0) is 24.3 Å². The van der Waals surface area contributed by atoms with E-state index < -0.39 is 0 Å². The van der Waals surface area contributed by atoms with Crippen molar-refractivity contribution in [2.75, 3.05) is 7.11 Å². The number of benzene rings is 2. The van der Waals surface area contributed by atoms with Crippen LogP contribution in [0.1, 0.15) is 11.3 Å². The quantitative estimate of drug-likeness (QED) is 0.598. The van der Waals surface area contributed by atoms with Gasteiger partial charge in [0.25, 0.3) is 0 Å². The van der Waals surface area contributed by atoms with Crippen molar-refractivity contribution < 1.29 is 18.4 Å². The summed E-state index contributed by atoms with van der Waals surface area (Å²) in [5.74, 6) is 1.37. The normalized spacial score (nSPS) is 11.1. The molecule has 0 spiro atoms. The number of nitrogens with one attached hydrogen (secondary N) is 1. The summed E-state index contributed by atoms with van der Waals surface area (Å²) in [5.41, 5.74) is 2.38. The van der Waals surface area contributed by atoms with Crippen LogP contribution in [0.5, 0.6) is 5.75 Å². The van der Waals surface area contributed by atoms with Crippen LogP contribution in [0.15, 0.2) is 63.6 Å². The average molecular weight is 335 g/mol. The van der Waals surface area contributed by atoms with Crippen molar-refractivity contribution in [3.05, 3.63) is 66.1 Å². The molecule has 0 saturated carbocycles. The predicted molar refractivity (Wildman–Crippen MR) is 94.5 cm³/mol. The molecular weight excluding hydrogens is 318 g/mol. The molecule has 4 rings (SSSR count). The van der Waals surface area contributed by atoms with Crippen LogP contribution in [-0.2, 0) is 17.8 Å². The maximum Gasteiger partial charge on any atom is 0.224 e. The number of methoxy groups -OCH3 is 1. The minimum atomic E-state index is -0.0843. The zero-order valence-corrected chi connectivity index (χ0v) is 13.7. The van der Waals surface area contributed by atoms with Crippen LogP contribution in [0, 0.1) is 0 Å². The molecule has 4 aromatic rings. The first kappa shape index (κ1) is 15.3. The van der Waals surface area contributed by atoms with Gasteiger partial charge in [-0.1, -0.05) is 18.2 Å². The van der Waals surface area contributed by atoms with E-state index in [2.05, 4.69) is 5.32 Å². The number of furan rings is 2. The van der Waals surface area contributed by atoms with E-state index in [1.807, 2.05) is 48.5 Å². The van der Waals surface area contributed by atoms with E-state index in [4.69, 9.17) is 13.6 Å². The van der Waals surface area contributed by atoms with Gasteiger partial charge in [0.1, 0.15) is 22.7 Å². The fraction of sp³-hybridized carbons (Fsp3) is 0.150. The Labute approximate surface area is 144 Å². The fourth-order valence-corrected chi connectivity index (χ4v) is 2.87. The van der Waals surface area contributed by atoms with Crippen molar-refractivity contribution in [2.45, 2.75) is 13.0 Å². The van der Waals surface area contributed by atoms with E-state index in [9.17, 15) is 4.79 Å². The van der Waals surface area contributed by atoms with Crippen molar-refractivity contribution >= 4 is 27.8 Å². The van der Waals surface area contributed by atoms with Crippen LogP contribution < -0.4 is 10.1 Å². The Bertz CT molecular complexity index is 1010. The molecule has 5 heteroatoms. The first-order chi connectivity index (χ1) is 12.2. The van der Waals surface area contributed by atoms with Gasteiger partial charge in [0.15, 0.2) is 0 Å². The average Bonchev–Trinajstić information content (AvgIpc) is 3.23. The lowest BCUT2D eigenvalue weighted by atomic mass is 10.1. The summed E-state index contributed by atoms with van der Waals surface area (Å²) in [5, 5.41) is 4.83. The smallest absolute Gasteiger partial charge is 0.224 e. The van der Waals surface area contributed by atoms with Gasteiger partial charge in [-0.15, -0.1) is 0 Å². The zero-order valence-electron chi connectivity index (χ0n) is 13.7. The van der Waals surface area contributed by atoms with Crippen molar-refractivity contribution in [1.82, 2.24) is 5.32 Å². The van der Waals surface area contributed by atoms with Gasteiger partial charge in [-0.3, -0.25) is 4.79 Å². The third kappa shape index (κ3) is 3.08. The molecule has 0 aliphatic rings. The molecule has 2 aromatic carbocycles. The van der Waals surface area contributed by atoms with Crippen LogP contribution in [0.2, 0.25) is 0 Å². The molecule has 2 heterocycles. The second-order valence-corrected chi connectivity index (χ2v) is 5.83. The Balaban J connectivity index is 1.43. The van der Waals surface area contributed by atoms with E-state index >= 15 is 0 Å². The van der Waals surface area contributed by atoms with Crippen LogP contribution in [0.3, 0.4) is 0 Å². The number of carbonyl (C=O) groups is 1. The first-order valence-corrected chi connectivity index (χ1v) is 8.01. The van der Waals surface area contributed by atoms with Crippen molar-refractivity contribution in [2.24, 2.45) is 0 Å². The standard InChI is InChI=1S/C20H17NO4/c1-23-15-6-7-17-14(12-24-19(17)10-15)9-20(22)21-11-16-8-13-4-2-3-5-18(13)25-16/h2-8,10,12H,9,11H2,1H3,(H,21,22). The summed E-state index contributed by atoms with van der Waals surface area (Å²) in [6.45, 7) is 0.358. The minimum Gasteiger partial charge on any atom is -0.497 e. The molecule has 1 amide bonds. The molecule has 0 unspecified atom stereocenters. The minimum absolute atomic E-state index is 0.0843. The van der Waals surface area contributed by atoms with Gasteiger partial charge in [0.2, 0.25) is 5.91 Å². The van der Waals surface area contributed by atoms with E-state index in [0.29, 0.717) is 12.1 Å². The van der Waals surface area contributed by atoms with Gasteiger partial charge < -0.3 is 18.9 Å². The van der Waals surface area contributed by atoms with Crippen molar-refractivity contribution in [1.29, 1.82) is 0 Å². The molecule has 25 heavy (non-hydrogen) atoms. The molecule has 0 radical (unpaired) electrons. The maximum absolute atomic E-state index is 12.2. The summed E-state index contributed by atoms with van der Waals surface area (Å²) < 4.78 is 16.4. The second kappa shape index (κ2) is 6.36. The summed E-state index contributed by atoms with van der Waals surface area (Å²) in [6.07, 6.45) is 1.87. The molecule has 0 atom stereocenters. The van der Waals surface area contributed by atoms with Gasteiger partial charge in [-0.25, -0.2) is 0 Å². The van der Waals surface area contributed by atoms with Gasteiger partial charge in [0, 0.05) is 22.4 Å². The van der Waals surface area contributed by atoms with E-state index in [1.54, 1.807) is 13.4 Å². The molecule has 0 aliphatic carbocycles. The highest BCUT2D eigenvalue weighted by Crippen LogP contribution is 2.26. The monoisotopic (exact) mass is 335 g/mol. The summed E-state index contributed by atoms with van der Waals surface area (Å²) in [6, 6.07) is 15.3. The molecule has 2 aromatic heterocycles. The number of amides is 1. The summed E-state index contributed by atoms with van der Waals surface area (Å²) in [4.78, 5) is 12.2. The maximum atomic E-state index is 12.2. The molecule has 1 N–H and O–H groups in total. The predicted octanol–water partition coefficient (Wildman–Crippen LogP) is 4.05. The third-order valence-electron chi connectivity index (χ3n) is 4.15. The van der Waals surface area contributed by atoms with Gasteiger partial charge >= 0.3 is 0 Å². The Hall–Kier alpha value is -3.21. The molecular formula is C20H17NO4. The number of hydrogen-bond donors (Lipinski definition) is 1. The van der Waals surface area contributed by atoms with E-state index in [1.165, 1.54) is 0 Å². The Kier molecular flexibility index (Phi) is 3.90. The van der Waals surface area contributed by atoms with Crippen molar-refractivity contribution in [3.8, 4) is 5.75 Å². The number of hydrogen-bond acceptors (Lipinski definition) is 4. The second-order valence-electron chi connectivity index (χ2n) is 5.83. The summed E-state index contributed by atoms with van der Waals surface area (Å²) >= 11 is 0. The first-order valence-electron chi connectivity index (χ1n) is 8.01. The molecule has 0 saturated heterocycles. The fourth-order valence-electron chi connectivity index (χ4n) is 2.87. The summed E-state index contributed by atoms with van der Waals surface area (Å²) in [7, 11) is 1.61. The number of ether oxygens (including phenoxy) is 1. The lowest BCUT2D eigenvalue weighted by molar-refractivity contribution is -0.120. The van der Waals surface area contributed by atoms with Crippen LogP contribution in [0.25, 0.3) is 21.9 Å². The number of fused-ring (bicyclic) bond motifs is 2. The lowest BCUT2D eigenvalue weighted by Gasteiger charge is -2.02. The van der Waals surface area contributed by atoms with E-state index in [0.717, 1.165) is 33.4 Å². The Morgan fingerprint density at radius 1 is 1.12 bits per heavy atom. The van der Waals surface area contributed by atoms with Gasteiger partial charge in [0.05, 0.1) is 26.3 Å². The number of rotatable bonds is 5. The SMILES string of the molecule is COc1ccc2c(CC(=O)NCc3cc4ccccc4o3)coc2c1. The largest absolute Gasteiger partial charge is 0.497 e. The van der Waals surface area contributed by atoms with Crippen LogP contribution >= 0.6 is 0 Å². The molecule has 0 aliphatic heterocycles. The zero-order chi connectivity index (χ0) is 17.2. The van der Waals surface area contributed by atoms with Gasteiger partial charge in [-0.2, -0.15) is 0 Å². The topological polar surface area (TPSA) is 64.6 Å². The highest BCUT2D eigenvalue weighted by molar-refractivity contribution is 5.88. The van der Waals surface area contributed by atoms with Crippen LogP contribution in [0.4, 0.5) is 0 Å². The highest BCUT2D eigenvalue weighted by atomic mass is 16.5. The van der Waals surface area contributed by atoms with Crippen molar-refractivity contribution in [3.63, 3.8) is 0 Å². The molecule has 0 bridgehead atoms. The Morgan fingerprint density at radius 3 is 2.84 bits per heavy atom. The Morgan fingerprint density at radius 2 is 2.00 bits per heavy atom. The third-order valence-corrected chi connectivity index (χ3v) is 4.15. The van der Waals surface area contributed by atoms with E-state index in [-0.39, 0.29) is 12.3 Å². The number of carbonyl (C=O) groups excluding carboxylic acids is 1. The molecule has 0 fully saturated rings. The highest BCUT2D eigenvalue weighted by Gasteiger charge is 2.12. The molecule has 5 nitrogen and oxygen atoms in total. The number of para-hydroxylation sites is 1. The lowest BCUT2D eigenvalue weighted by Crippen LogP contribution is -2.24. The molecule has 126 valence electrons. The van der Waals surface area contributed by atoms with Crippen LogP contribution in [-0.4, -0.2) is 13.0 Å².